The topological polar surface area (TPSA) is 75.8 Å². The van der Waals surface area contributed by atoms with Crippen molar-refractivity contribution in [2.24, 2.45) is 0 Å². The van der Waals surface area contributed by atoms with E-state index in [9.17, 15) is 9.90 Å². The van der Waals surface area contributed by atoms with Gasteiger partial charge >= 0.3 is 0 Å². The molecular weight excluding hydrogens is 296 g/mol. The summed E-state index contributed by atoms with van der Waals surface area (Å²) in [5.74, 6) is 0.915. The van der Waals surface area contributed by atoms with E-state index in [0.29, 0.717) is 31.2 Å². The molecular formula is C17H20N2O4. The largest absolute Gasteiger partial charge is 0.486 e. The lowest BCUT2D eigenvalue weighted by Crippen LogP contribution is -2.57. The molecule has 1 N–H and O–H groups in total. The van der Waals surface area contributed by atoms with Crippen LogP contribution in [0.3, 0.4) is 0 Å². The Labute approximate surface area is 134 Å². The molecule has 6 nitrogen and oxygen atoms in total. The Morgan fingerprint density at radius 2 is 2.17 bits per heavy atom. The summed E-state index contributed by atoms with van der Waals surface area (Å²) in [6, 6.07) is 9.30. The zero-order valence-corrected chi connectivity index (χ0v) is 13.2. The van der Waals surface area contributed by atoms with Gasteiger partial charge in [0.1, 0.15) is 23.7 Å². The monoisotopic (exact) mass is 316 g/mol. The summed E-state index contributed by atoms with van der Waals surface area (Å²) in [7, 11) is 0. The highest BCUT2D eigenvalue weighted by atomic mass is 16.5. The normalized spacial score (nSPS) is 24.5. The van der Waals surface area contributed by atoms with Crippen LogP contribution in [-0.2, 0) is 0 Å². The number of piperidine rings is 1. The maximum Gasteiger partial charge on any atom is 0.275 e. The minimum atomic E-state index is -0.994. The molecule has 1 aliphatic heterocycles. The highest BCUT2D eigenvalue weighted by Gasteiger charge is 2.41. The van der Waals surface area contributed by atoms with E-state index in [1.54, 1.807) is 18.7 Å². The lowest BCUT2D eigenvalue weighted by molar-refractivity contribution is -0.0882. The van der Waals surface area contributed by atoms with Gasteiger partial charge in [-0.3, -0.25) is 4.79 Å². The van der Waals surface area contributed by atoms with E-state index in [4.69, 9.17) is 9.15 Å². The first-order valence-electron chi connectivity index (χ1n) is 7.61. The molecule has 6 heteroatoms. The molecule has 1 amide bonds. The van der Waals surface area contributed by atoms with E-state index < -0.39 is 11.7 Å². The van der Waals surface area contributed by atoms with Crippen molar-refractivity contribution in [3.63, 3.8) is 0 Å². The third-order valence-corrected chi connectivity index (χ3v) is 4.11. The number of hydrogen-bond acceptors (Lipinski definition) is 5. The van der Waals surface area contributed by atoms with Crippen molar-refractivity contribution in [2.75, 3.05) is 13.1 Å². The first-order chi connectivity index (χ1) is 11.0. The SMILES string of the molecule is Cc1nc(C(=O)N2CC[C@@](C)(O)[C@H](Oc3ccccc3)C2)co1. The Bertz CT molecular complexity index is 681. The number of aromatic nitrogens is 1. The maximum atomic E-state index is 12.5. The fourth-order valence-corrected chi connectivity index (χ4v) is 2.65. The number of hydrogen-bond donors (Lipinski definition) is 1. The van der Waals surface area contributed by atoms with Crippen molar-refractivity contribution in [1.82, 2.24) is 9.88 Å². The number of oxazole rings is 1. The number of carbonyl (C=O) groups excluding carboxylic acids is 1. The Balaban J connectivity index is 1.74. The zero-order valence-electron chi connectivity index (χ0n) is 13.2. The van der Waals surface area contributed by atoms with Gasteiger partial charge in [0.2, 0.25) is 0 Å². The van der Waals surface area contributed by atoms with Crippen LogP contribution in [0, 0.1) is 6.92 Å². The van der Waals surface area contributed by atoms with Gasteiger partial charge in [-0.15, -0.1) is 0 Å². The summed E-state index contributed by atoms with van der Waals surface area (Å²) in [4.78, 5) is 18.2. The molecule has 122 valence electrons. The quantitative estimate of drug-likeness (QED) is 0.937. The summed E-state index contributed by atoms with van der Waals surface area (Å²) in [5.41, 5.74) is -0.714. The van der Waals surface area contributed by atoms with Crippen LogP contribution < -0.4 is 4.74 Å². The molecule has 1 aromatic heterocycles. The van der Waals surface area contributed by atoms with E-state index in [0.717, 1.165) is 0 Å². The average molecular weight is 316 g/mol. The summed E-state index contributed by atoms with van der Waals surface area (Å²) in [5, 5.41) is 10.6. The smallest absolute Gasteiger partial charge is 0.275 e. The van der Waals surface area contributed by atoms with Crippen LogP contribution in [0.15, 0.2) is 41.0 Å². The van der Waals surface area contributed by atoms with Crippen LogP contribution in [0.2, 0.25) is 0 Å². The van der Waals surface area contributed by atoms with E-state index in [-0.39, 0.29) is 11.6 Å². The molecule has 2 heterocycles. The van der Waals surface area contributed by atoms with E-state index >= 15 is 0 Å². The molecule has 3 rings (SSSR count). The van der Waals surface area contributed by atoms with Gasteiger partial charge < -0.3 is 19.2 Å². The third kappa shape index (κ3) is 3.37. The lowest BCUT2D eigenvalue weighted by atomic mass is 9.90. The maximum absolute atomic E-state index is 12.5. The fourth-order valence-electron chi connectivity index (χ4n) is 2.65. The first kappa shape index (κ1) is 15.6. The van der Waals surface area contributed by atoms with Crippen molar-refractivity contribution in [3.05, 3.63) is 48.2 Å². The second-order valence-electron chi connectivity index (χ2n) is 6.03. The fraction of sp³-hybridized carbons (Fsp3) is 0.412. The molecule has 2 aromatic rings. The highest BCUT2D eigenvalue weighted by molar-refractivity contribution is 5.92. The number of benzene rings is 1. The van der Waals surface area contributed by atoms with Crippen molar-refractivity contribution < 1.29 is 19.1 Å². The molecule has 1 aromatic carbocycles. The third-order valence-electron chi connectivity index (χ3n) is 4.11. The highest BCUT2D eigenvalue weighted by Crippen LogP contribution is 2.27. The second-order valence-corrected chi connectivity index (χ2v) is 6.03. The second kappa shape index (κ2) is 6.04. The van der Waals surface area contributed by atoms with Crippen molar-refractivity contribution in [2.45, 2.75) is 32.0 Å². The summed E-state index contributed by atoms with van der Waals surface area (Å²) in [6.45, 7) is 4.18. The first-order valence-corrected chi connectivity index (χ1v) is 7.61. The summed E-state index contributed by atoms with van der Waals surface area (Å²) in [6.07, 6.45) is 1.29. The number of para-hydroxylation sites is 1. The van der Waals surface area contributed by atoms with Gasteiger partial charge in [-0.1, -0.05) is 18.2 Å². The van der Waals surface area contributed by atoms with E-state index in [1.165, 1.54) is 6.26 Å². The van der Waals surface area contributed by atoms with Crippen LogP contribution in [0.4, 0.5) is 0 Å². The molecule has 0 aliphatic carbocycles. The van der Waals surface area contributed by atoms with Gasteiger partial charge in [0.05, 0.1) is 6.54 Å². The number of ether oxygens (including phenoxy) is 1. The van der Waals surface area contributed by atoms with Gasteiger partial charge in [0, 0.05) is 13.5 Å². The Hall–Kier alpha value is -2.34. The van der Waals surface area contributed by atoms with E-state index in [1.807, 2.05) is 30.3 Å². The predicted molar refractivity (Wildman–Crippen MR) is 83.2 cm³/mol. The Kier molecular flexibility index (Phi) is 4.09. The number of likely N-dealkylation sites (tertiary alicyclic amines) is 1. The van der Waals surface area contributed by atoms with Crippen LogP contribution in [0.25, 0.3) is 0 Å². The minimum Gasteiger partial charge on any atom is -0.486 e. The standard InChI is InChI=1S/C17H20N2O4/c1-12-18-14(11-22-12)16(20)19-9-8-17(2,21)15(10-19)23-13-6-4-3-5-7-13/h3-7,11,15,21H,8-10H2,1-2H3/t15-,17-/m1/s1. The number of aryl methyl sites for hydroxylation is 1. The average Bonchev–Trinajstić information content (AvgIpc) is 2.96. The van der Waals surface area contributed by atoms with Gasteiger partial charge in [-0.25, -0.2) is 4.98 Å². The van der Waals surface area contributed by atoms with Gasteiger partial charge in [0.25, 0.3) is 5.91 Å². The molecule has 0 saturated carbocycles. The molecule has 2 atom stereocenters. The summed E-state index contributed by atoms with van der Waals surface area (Å²) >= 11 is 0. The molecule has 0 bridgehead atoms. The molecule has 1 aliphatic rings. The zero-order chi connectivity index (χ0) is 16.4. The minimum absolute atomic E-state index is 0.209. The van der Waals surface area contributed by atoms with Crippen LogP contribution in [-0.4, -0.2) is 45.7 Å². The predicted octanol–water partition coefficient (Wildman–Crippen LogP) is 2.03. The van der Waals surface area contributed by atoms with Gasteiger partial charge in [-0.2, -0.15) is 0 Å². The van der Waals surface area contributed by atoms with Gasteiger partial charge in [0.15, 0.2) is 11.6 Å². The molecule has 0 spiro atoms. The molecule has 23 heavy (non-hydrogen) atoms. The number of amides is 1. The number of rotatable bonds is 3. The van der Waals surface area contributed by atoms with Crippen molar-refractivity contribution in [3.8, 4) is 5.75 Å². The number of nitrogens with zero attached hydrogens (tertiary/aromatic N) is 2. The Morgan fingerprint density at radius 3 is 2.83 bits per heavy atom. The molecule has 1 fully saturated rings. The number of carbonyl (C=O) groups is 1. The van der Waals surface area contributed by atoms with Crippen LogP contribution in [0.5, 0.6) is 5.75 Å². The summed E-state index contributed by atoms with van der Waals surface area (Å²) < 4.78 is 11.0. The van der Waals surface area contributed by atoms with Crippen molar-refractivity contribution in [1.29, 1.82) is 0 Å². The van der Waals surface area contributed by atoms with Gasteiger partial charge in [-0.05, 0) is 25.5 Å². The van der Waals surface area contributed by atoms with E-state index in [2.05, 4.69) is 4.98 Å². The number of aliphatic hydroxyl groups is 1. The van der Waals surface area contributed by atoms with Crippen LogP contribution in [0.1, 0.15) is 29.7 Å². The molecule has 1 saturated heterocycles. The Morgan fingerprint density at radius 1 is 1.43 bits per heavy atom. The lowest BCUT2D eigenvalue weighted by Gasteiger charge is -2.42. The van der Waals surface area contributed by atoms with Crippen molar-refractivity contribution >= 4 is 5.91 Å². The molecule has 0 unspecified atom stereocenters. The molecule has 0 radical (unpaired) electrons. The van der Waals surface area contributed by atoms with Crippen LogP contribution >= 0.6 is 0 Å².